The number of aliphatic imine (C=N–C) groups is 1. The van der Waals surface area contributed by atoms with Gasteiger partial charge in [-0.3, -0.25) is 4.99 Å². The maximum Gasteiger partial charge on any atom is 0.0698 e. The van der Waals surface area contributed by atoms with Gasteiger partial charge in [-0.05, 0) is 56.4 Å². The van der Waals surface area contributed by atoms with E-state index >= 15 is 0 Å². The van der Waals surface area contributed by atoms with Crippen LogP contribution in [0.4, 0.5) is 0 Å². The van der Waals surface area contributed by atoms with E-state index in [-0.39, 0.29) is 0 Å². The zero-order valence-corrected chi connectivity index (χ0v) is 15.5. The molecular weight excluding hydrogens is 290 g/mol. The van der Waals surface area contributed by atoms with E-state index in [0.29, 0.717) is 0 Å². The van der Waals surface area contributed by atoms with E-state index < -0.39 is 0 Å². The summed E-state index contributed by atoms with van der Waals surface area (Å²) in [6, 6.07) is 0. The number of rotatable bonds is 8. The van der Waals surface area contributed by atoms with Crippen LogP contribution in [0.2, 0.25) is 0 Å². The fraction of sp³-hybridized carbons (Fsp3) is 0.261. The molecule has 0 bridgehead atoms. The predicted octanol–water partition coefficient (Wildman–Crippen LogP) is 6.82. The van der Waals surface area contributed by atoms with E-state index in [4.69, 9.17) is 0 Å². The average Bonchev–Trinajstić information content (AvgIpc) is 2.90. The van der Waals surface area contributed by atoms with E-state index in [1.54, 1.807) is 6.08 Å². The zero-order valence-electron chi connectivity index (χ0n) is 15.5. The number of hydrogen-bond donors (Lipinski definition) is 0. The predicted molar refractivity (Wildman–Crippen MR) is 109 cm³/mol. The number of hydrogen-bond acceptors (Lipinski definition) is 1. The fourth-order valence-corrected chi connectivity index (χ4v) is 2.82. The van der Waals surface area contributed by atoms with Gasteiger partial charge in [-0.15, -0.1) is 0 Å². The van der Waals surface area contributed by atoms with Crippen LogP contribution >= 0.6 is 0 Å². The molecule has 0 aromatic rings. The Balaban J connectivity index is 3.50. The van der Waals surface area contributed by atoms with Crippen LogP contribution in [0, 0.1) is 0 Å². The van der Waals surface area contributed by atoms with Crippen molar-refractivity contribution in [3.8, 4) is 0 Å². The summed E-state index contributed by atoms with van der Waals surface area (Å²) >= 11 is 0. The molecule has 24 heavy (non-hydrogen) atoms. The molecule has 0 amide bonds. The van der Waals surface area contributed by atoms with Crippen molar-refractivity contribution in [2.24, 2.45) is 4.99 Å². The second-order valence-corrected chi connectivity index (χ2v) is 5.58. The van der Waals surface area contributed by atoms with Crippen LogP contribution in [-0.2, 0) is 0 Å². The summed E-state index contributed by atoms with van der Waals surface area (Å²) in [6.07, 6.45) is 19.9. The molecule has 1 rings (SSSR count). The molecule has 0 N–H and O–H groups in total. The first-order valence-electron chi connectivity index (χ1n) is 8.51. The molecule has 0 saturated carbocycles. The maximum atomic E-state index is 4.64. The van der Waals surface area contributed by atoms with Crippen molar-refractivity contribution in [2.75, 3.05) is 0 Å². The second-order valence-electron chi connectivity index (χ2n) is 5.58. The van der Waals surface area contributed by atoms with Crippen molar-refractivity contribution in [3.05, 3.63) is 95.8 Å². The van der Waals surface area contributed by atoms with Gasteiger partial charge in [-0.2, -0.15) is 0 Å². The second kappa shape index (κ2) is 10.4. The molecule has 0 fully saturated rings. The SMILES string of the molecule is C=C/C=C\C1=C(C)CC(C(=C\CC)/C(/C=C\C)=N/C=C\C)=C1C=C. The van der Waals surface area contributed by atoms with E-state index in [1.807, 2.05) is 44.4 Å². The minimum Gasteiger partial charge on any atom is -0.257 e. The van der Waals surface area contributed by atoms with Gasteiger partial charge in [0.15, 0.2) is 0 Å². The summed E-state index contributed by atoms with van der Waals surface area (Å²) in [6.45, 7) is 16.2. The van der Waals surface area contributed by atoms with Gasteiger partial charge < -0.3 is 0 Å². The Morgan fingerprint density at radius 1 is 1.17 bits per heavy atom. The number of allylic oxidation sites excluding steroid dienone is 13. The first kappa shape index (κ1) is 19.6. The Kier molecular flexibility index (Phi) is 8.49. The standard InChI is InChI=1S/C23H29N/c1-7-12-15-20-18(6)17-22(19(20)11-5)21(13-8-2)23(14-9-3)24-16-10-4/h7,9-16H,1,5,8,17H2,2-4,6H3/b14-9-,15-12-,16-10-,21-13+,24-23+. The maximum absolute atomic E-state index is 4.64. The highest BCUT2D eigenvalue weighted by molar-refractivity contribution is 6.12. The lowest BCUT2D eigenvalue weighted by Crippen LogP contribution is -2.03. The van der Waals surface area contributed by atoms with Gasteiger partial charge >= 0.3 is 0 Å². The van der Waals surface area contributed by atoms with Crippen molar-refractivity contribution in [2.45, 2.75) is 40.5 Å². The molecule has 0 aromatic heterocycles. The summed E-state index contributed by atoms with van der Waals surface area (Å²) < 4.78 is 0. The molecule has 1 heteroatoms. The van der Waals surface area contributed by atoms with Crippen molar-refractivity contribution >= 4 is 5.71 Å². The molecule has 1 aliphatic rings. The zero-order chi connectivity index (χ0) is 17.9. The Hall–Kier alpha value is -2.41. The van der Waals surface area contributed by atoms with Crippen LogP contribution in [0.25, 0.3) is 0 Å². The monoisotopic (exact) mass is 319 g/mol. The van der Waals surface area contributed by atoms with E-state index in [1.165, 1.54) is 27.9 Å². The highest BCUT2D eigenvalue weighted by Gasteiger charge is 2.22. The number of nitrogens with zero attached hydrogens (tertiary/aromatic N) is 1. The van der Waals surface area contributed by atoms with Crippen molar-refractivity contribution < 1.29 is 0 Å². The quantitative estimate of drug-likeness (QED) is 0.344. The summed E-state index contributed by atoms with van der Waals surface area (Å²) in [5.41, 5.74) is 7.29. The molecule has 0 aliphatic heterocycles. The minimum atomic E-state index is 0.927. The van der Waals surface area contributed by atoms with E-state index in [0.717, 1.165) is 18.6 Å². The molecule has 1 aliphatic carbocycles. The van der Waals surface area contributed by atoms with Gasteiger partial charge in [0.25, 0.3) is 0 Å². The highest BCUT2D eigenvalue weighted by atomic mass is 14.7. The third-order valence-electron chi connectivity index (χ3n) is 3.82. The molecule has 0 unspecified atom stereocenters. The Labute approximate surface area is 147 Å². The van der Waals surface area contributed by atoms with Crippen LogP contribution in [0.15, 0.2) is 101 Å². The first-order valence-corrected chi connectivity index (χ1v) is 8.51. The van der Waals surface area contributed by atoms with Crippen molar-refractivity contribution in [3.63, 3.8) is 0 Å². The largest absolute Gasteiger partial charge is 0.257 e. The van der Waals surface area contributed by atoms with Crippen LogP contribution in [-0.4, -0.2) is 5.71 Å². The molecule has 1 nitrogen and oxygen atoms in total. The molecule has 0 radical (unpaired) electrons. The fourth-order valence-electron chi connectivity index (χ4n) is 2.82. The van der Waals surface area contributed by atoms with Crippen molar-refractivity contribution in [1.29, 1.82) is 0 Å². The van der Waals surface area contributed by atoms with Crippen molar-refractivity contribution in [1.82, 2.24) is 0 Å². The lowest BCUT2D eigenvalue weighted by atomic mass is 9.94. The Morgan fingerprint density at radius 2 is 1.92 bits per heavy atom. The van der Waals surface area contributed by atoms with Crippen LogP contribution in [0.3, 0.4) is 0 Å². The molecule has 0 aromatic carbocycles. The van der Waals surface area contributed by atoms with Gasteiger partial charge in [0.1, 0.15) is 0 Å². The lowest BCUT2D eigenvalue weighted by molar-refractivity contribution is 1.14. The highest BCUT2D eigenvalue weighted by Crippen LogP contribution is 2.38. The minimum absolute atomic E-state index is 0.927. The van der Waals surface area contributed by atoms with Crippen LogP contribution in [0.1, 0.15) is 40.5 Å². The normalized spacial score (nSPS) is 17.2. The smallest absolute Gasteiger partial charge is 0.0698 e. The van der Waals surface area contributed by atoms with Gasteiger partial charge in [0.05, 0.1) is 5.71 Å². The Morgan fingerprint density at radius 3 is 2.46 bits per heavy atom. The third-order valence-corrected chi connectivity index (χ3v) is 3.82. The Bertz CT molecular complexity index is 686. The molecule has 0 spiro atoms. The van der Waals surface area contributed by atoms with Gasteiger partial charge in [-0.1, -0.05) is 68.2 Å². The van der Waals surface area contributed by atoms with Crippen LogP contribution in [0.5, 0.6) is 0 Å². The van der Waals surface area contributed by atoms with Gasteiger partial charge in [0.2, 0.25) is 0 Å². The van der Waals surface area contributed by atoms with Gasteiger partial charge in [0, 0.05) is 11.8 Å². The first-order chi connectivity index (χ1) is 11.6. The molecule has 0 heterocycles. The third kappa shape index (κ3) is 4.79. The summed E-state index contributed by atoms with van der Waals surface area (Å²) in [7, 11) is 0. The molecule has 0 saturated heterocycles. The van der Waals surface area contributed by atoms with E-state index in [9.17, 15) is 0 Å². The molecule has 126 valence electrons. The summed E-state index contributed by atoms with van der Waals surface area (Å²) in [5, 5.41) is 0. The topological polar surface area (TPSA) is 12.4 Å². The molecule has 0 atom stereocenters. The van der Waals surface area contributed by atoms with E-state index in [2.05, 4.69) is 50.2 Å². The lowest BCUT2D eigenvalue weighted by Gasteiger charge is -2.12. The summed E-state index contributed by atoms with van der Waals surface area (Å²) in [4.78, 5) is 4.64. The summed E-state index contributed by atoms with van der Waals surface area (Å²) in [5.74, 6) is 0. The van der Waals surface area contributed by atoms with Gasteiger partial charge in [-0.25, -0.2) is 0 Å². The van der Waals surface area contributed by atoms with Crippen LogP contribution < -0.4 is 0 Å². The average molecular weight is 319 g/mol. The molecular formula is C23H29N.